The summed E-state index contributed by atoms with van der Waals surface area (Å²) in [6.45, 7) is 8.25. The Hall–Kier alpha value is -3.52. The predicted octanol–water partition coefficient (Wildman–Crippen LogP) is 4.18. The molecule has 0 bridgehead atoms. The molecule has 7 nitrogen and oxygen atoms in total. The summed E-state index contributed by atoms with van der Waals surface area (Å²) >= 11 is 5.80. The van der Waals surface area contributed by atoms with Crippen LogP contribution in [0.3, 0.4) is 0 Å². The normalized spacial score (nSPS) is 15.7. The largest absolute Gasteiger partial charge is 0.333 e. The van der Waals surface area contributed by atoms with Crippen LogP contribution < -0.4 is 10.2 Å². The van der Waals surface area contributed by atoms with E-state index in [9.17, 15) is 9.59 Å². The Balaban J connectivity index is 1.69. The topological polar surface area (TPSA) is 70.5 Å². The van der Waals surface area contributed by atoms with E-state index < -0.39 is 6.04 Å². The molecule has 1 saturated heterocycles. The number of nitrogens with zero attached hydrogens (tertiary/aromatic N) is 4. The Labute approximate surface area is 205 Å². The van der Waals surface area contributed by atoms with Crippen LogP contribution in [0.2, 0.25) is 0 Å². The molecule has 1 N–H and O–H groups in total. The smallest absolute Gasteiger partial charge is 0.257 e. The second kappa shape index (κ2) is 9.38. The van der Waals surface area contributed by atoms with E-state index >= 15 is 0 Å². The number of anilines is 2. The molecule has 0 spiro atoms. The van der Waals surface area contributed by atoms with Gasteiger partial charge in [-0.15, -0.1) is 0 Å². The fourth-order valence-corrected chi connectivity index (χ4v) is 4.67. The van der Waals surface area contributed by atoms with Crippen LogP contribution in [0.5, 0.6) is 0 Å². The van der Waals surface area contributed by atoms with Gasteiger partial charge in [-0.3, -0.25) is 14.3 Å². The molecule has 4 rings (SSSR count). The summed E-state index contributed by atoms with van der Waals surface area (Å²) in [5, 5.41) is 8.18. The quantitative estimate of drug-likeness (QED) is 0.441. The summed E-state index contributed by atoms with van der Waals surface area (Å²) in [4.78, 5) is 29.7. The number of carbonyl (C=O) groups excluding carboxylic acids is 2. The molecule has 1 fully saturated rings. The van der Waals surface area contributed by atoms with Crippen molar-refractivity contribution in [3.05, 3.63) is 76.6 Å². The summed E-state index contributed by atoms with van der Waals surface area (Å²) in [6.07, 6.45) is 0.0563. The van der Waals surface area contributed by atoms with Crippen molar-refractivity contribution in [3.8, 4) is 0 Å². The molecule has 2 aromatic carbocycles. The number of thiocarbonyl (C=S) groups is 1. The van der Waals surface area contributed by atoms with Crippen molar-refractivity contribution in [1.82, 2.24) is 14.7 Å². The molecule has 2 heterocycles. The van der Waals surface area contributed by atoms with Crippen LogP contribution in [0.4, 0.5) is 11.4 Å². The highest BCUT2D eigenvalue weighted by Gasteiger charge is 2.44. The first-order valence-corrected chi connectivity index (χ1v) is 11.6. The van der Waals surface area contributed by atoms with Gasteiger partial charge in [0, 0.05) is 30.5 Å². The molecular weight excluding hydrogens is 446 g/mol. The molecule has 0 saturated carbocycles. The highest BCUT2D eigenvalue weighted by atomic mass is 32.1. The molecule has 1 aliphatic rings. The highest BCUT2D eigenvalue weighted by Crippen LogP contribution is 2.29. The number of carbonyl (C=O) groups is 2. The third-order valence-corrected chi connectivity index (χ3v) is 6.61. The zero-order chi connectivity index (χ0) is 24.6. The number of amides is 2. The predicted molar refractivity (Wildman–Crippen MR) is 138 cm³/mol. The van der Waals surface area contributed by atoms with Crippen LogP contribution in [0, 0.1) is 27.7 Å². The third-order valence-electron chi connectivity index (χ3n) is 6.28. The number of rotatable bonds is 5. The maximum atomic E-state index is 13.6. The number of hydrogen-bond donors (Lipinski definition) is 1. The summed E-state index contributed by atoms with van der Waals surface area (Å²) in [6, 6.07) is 14.6. The van der Waals surface area contributed by atoms with Gasteiger partial charge in [0.15, 0.2) is 5.11 Å². The van der Waals surface area contributed by atoms with Gasteiger partial charge in [-0.2, -0.15) is 5.10 Å². The summed E-state index contributed by atoms with van der Waals surface area (Å²) in [5.74, 6) is -0.508. The van der Waals surface area contributed by atoms with Crippen molar-refractivity contribution in [1.29, 1.82) is 0 Å². The average Bonchev–Trinajstić information content (AvgIpc) is 3.19. The van der Waals surface area contributed by atoms with E-state index in [-0.39, 0.29) is 18.2 Å². The van der Waals surface area contributed by atoms with E-state index in [1.54, 1.807) is 6.07 Å². The Morgan fingerprint density at radius 3 is 2.38 bits per heavy atom. The van der Waals surface area contributed by atoms with E-state index in [1.807, 2.05) is 86.8 Å². The number of aryl methyl sites for hydroxylation is 4. The van der Waals surface area contributed by atoms with Crippen molar-refractivity contribution in [2.75, 3.05) is 10.2 Å². The minimum Gasteiger partial charge on any atom is -0.333 e. The van der Waals surface area contributed by atoms with Gasteiger partial charge >= 0.3 is 0 Å². The molecular formula is C26H29N5O2S. The first kappa shape index (κ1) is 23.6. The van der Waals surface area contributed by atoms with Crippen LogP contribution in [0.1, 0.15) is 34.5 Å². The molecule has 8 heteroatoms. The Bertz CT molecular complexity index is 1280. The lowest BCUT2D eigenvalue weighted by Gasteiger charge is -2.30. The molecule has 1 aliphatic heterocycles. The van der Waals surface area contributed by atoms with Gasteiger partial charge < -0.3 is 10.2 Å². The van der Waals surface area contributed by atoms with Crippen molar-refractivity contribution in [2.45, 2.75) is 46.7 Å². The molecule has 176 valence electrons. The van der Waals surface area contributed by atoms with E-state index in [0.717, 1.165) is 33.8 Å². The van der Waals surface area contributed by atoms with E-state index in [2.05, 4.69) is 10.4 Å². The van der Waals surface area contributed by atoms with Crippen LogP contribution in [-0.2, 0) is 23.2 Å². The van der Waals surface area contributed by atoms with Crippen molar-refractivity contribution < 1.29 is 9.59 Å². The van der Waals surface area contributed by atoms with Crippen LogP contribution in [0.15, 0.2) is 48.5 Å². The molecule has 0 unspecified atom stereocenters. The Kier molecular flexibility index (Phi) is 6.52. The molecule has 0 aliphatic carbocycles. The second-order valence-corrected chi connectivity index (χ2v) is 9.21. The first-order valence-electron chi connectivity index (χ1n) is 11.2. The van der Waals surface area contributed by atoms with Gasteiger partial charge in [0.05, 0.1) is 17.8 Å². The van der Waals surface area contributed by atoms with Crippen LogP contribution in [0.25, 0.3) is 0 Å². The summed E-state index contributed by atoms with van der Waals surface area (Å²) < 4.78 is 1.82. The molecule has 3 aromatic rings. The van der Waals surface area contributed by atoms with Crippen molar-refractivity contribution in [3.63, 3.8) is 0 Å². The lowest BCUT2D eigenvalue weighted by atomic mass is 10.1. The standard InChI is InChI=1S/C26H29N5O2S/c1-16-8-6-10-20(12-16)27-26(34)30(15-22-18(3)28-29(5)19(22)4)23-14-24(32)31(25(23)33)21-11-7-9-17(2)13-21/h6-13,23H,14-15H2,1-5H3,(H,27,34)/t23-/m0/s1. The molecule has 1 atom stereocenters. The van der Waals surface area contributed by atoms with Crippen LogP contribution in [-0.4, -0.2) is 37.6 Å². The number of imide groups is 1. The SMILES string of the molecule is Cc1cccc(NC(=S)N(Cc2c(C)nn(C)c2C)[C@H]2CC(=O)N(c3cccc(C)c3)C2=O)c1. The second-order valence-electron chi connectivity index (χ2n) is 8.83. The lowest BCUT2D eigenvalue weighted by molar-refractivity contribution is -0.122. The summed E-state index contributed by atoms with van der Waals surface area (Å²) in [7, 11) is 1.89. The molecule has 1 aromatic heterocycles. The van der Waals surface area contributed by atoms with Gasteiger partial charge in [0.1, 0.15) is 6.04 Å². The number of benzene rings is 2. The Morgan fingerprint density at radius 2 is 1.76 bits per heavy atom. The van der Waals surface area contributed by atoms with E-state index in [4.69, 9.17) is 12.2 Å². The van der Waals surface area contributed by atoms with Gasteiger partial charge in [0.2, 0.25) is 5.91 Å². The maximum absolute atomic E-state index is 13.6. The van der Waals surface area contributed by atoms with Gasteiger partial charge in [-0.05, 0) is 75.3 Å². The minimum absolute atomic E-state index is 0.0563. The fraction of sp³-hybridized carbons (Fsp3) is 0.308. The summed E-state index contributed by atoms with van der Waals surface area (Å²) in [5.41, 5.74) is 6.35. The van der Waals surface area contributed by atoms with E-state index in [1.165, 1.54) is 4.90 Å². The first-order chi connectivity index (χ1) is 16.2. The fourth-order valence-electron chi connectivity index (χ4n) is 4.36. The molecule has 34 heavy (non-hydrogen) atoms. The van der Waals surface area contributed by atoms with Gasteiger partial charge in [-0.1, -0.05) is 24.3 Å². The zero-order valence-corrected chi connectivity index (χ0v) is 20.9. The van der Waals surface area contributed by atoms with Crippen molar-refractivity contribution in [2.24, 2.45) is 7.05 Å². The van der Waals surface area contributed by atoms with Crippen molar-refractivity contribution >= 4 is 40.5 Å². The lowest BCUT2D eigenvalue weighted by Crippen LogP contribution is -2.47. The zero-order valence-electron chi connectivity index (χ0n) is 20.1. The number of hydrogen-bond acceptors (Lipinski definition) is 4. The third kappa shape index (κ3) is 4.59. The number of aromatic nitrogens is 2. The van der Waals surface area contributed by atoms with E-state index in [0.29, 0.717) is 17.3 Å². The molecule has 0 radical (unpaired) electrons. The average molecular weight is 476 g/mol. The number of nitrogens with one attached hydrogen (secondary N) is 1. The maximum Gasteiger partial charge on any atom is 0.257 e. The molecule has 2 amide bonds. The monoisotopic (exact) mass is 475 g/mol. The Morgan fingerprint density at radius 1 is 1.09 bits per heavy atom. The van der Waals surface area contributed by atoms with Gasteiger partial charge in [-0.25, -0.2) is 4.90 Å². The minimum atomic E-state index is -0.711. The van der Waals surface area contributed by atoms with Crippen LogP contribution >= 0.6 is 12.2 Å². The van der Waals surface area contributed by atoms with Gasteiger partial charge in [0.25, 0.3) is 5.91 Å². The highest BCUT2D eigenvalue weighted by molar-refractivity contribution is 7.80.